The Bertz CT molecular complexity index is 1070. The van der Waals surface area contributed by atoms with Gasteiger partial charge in [0.25, 0.3) is 0 Å². The van der Waals surface area contributed by atoms with Crippen molar-refractivity contribution in [2.45, 2.75) is 12.5 Å². The molecule has 0 fully saturated rings. The summed E-state index contributed by atoms with van der Waals surface area (Å²) in [5, 5.41) is 1.04. The minimum Gasteiger partial charge on any atom is -0.458 e. The first-order valence-electron chi connectivity index (χ1n) is 7.94. The van der Waals surface area contributed by atoms with E-state index in [1.807, 2.05) is 35.2 Å². The molecule has 1 aliphatic rings. The summed E-state index contributed by atoms with van der Waals surface area (Å²) in [6, 6.07) is 10.1. The van der Waals surface area contributed by atoms with Crippen LogP contribution in [-0.2, 0) is 6.42 Å². The quantitative estimate of drug-likeness (QED) is 0.565. The molecule has 0 spiro atoms. The number of rotatable bonds is 2. The van der Waals surface area contributed by atoms with E-state index in [1.165, 1.54) is 6.26 Å². The van der Waals surface area contributed by atoms with Crippen LogP contribution in [0.5, 0.6) is 0 Å². The van der Waals surface area contributed by atoms with Crippen molar-refractivity contribution in [3.63, 3.8) is 0 Å². The number of benzene rings is 1. The summed E-state index contributed by atoms with van der Waals surface area (Å²) in [5.74, 6) is 1.02. The fourth-order valence-corrected chi connectivity index (χ4v) is 3.35. The van der Waals surface area contributed by atoms with Crippen LogP contribution < -0.4 is 4.90 Å². The van der Waals surface area contributed by atoms with Crippen LogP contribution in [0, 0.1) is 6.57 Å². The summed E-state index contributed by atoms with van der Waals surface area (Å²) in [4.78, 5) is 17.3. The number of aromatic amines is 1. The second-order valence-corrected chi connectivity index (χ2v) is 5.90. The van der Waals surface area contributed by atoms with Gasteiger partial charge < -0.3 is 18.7 Å². The van der Waals surface area contributed by atoms with Crippen molar-refractivity contribution >= 4 is 22.8 Å². The number of H-pyrrole nitrogens is 1. The van der Waals surface area contributed by atoms with Gasteiger partial charge in [0.2, 0.25) is 0 Å². The summed E-state index contributed by atoms with van der Waals surface area (Å²) < 4.78 is 11.6. The third-order valence-electron chi connectivity index (χ3n) is 4.48. The minimum atomic E-state index is -0.250. The Balaban J connectivity index is 1.67. The number of oxazole rings is 1. The SMILES string of the molecule is [C-]#[N+]c1coc(N2CCc3[nH]cnc3[C@H]2c2cc3ccccc3o2)n1. The highest BCUT2D eigenvalue weighted by atomic mass is 16.4. The first kappa shape index (κ1) is 13.9. The van der Waals surface area contributed by atoms with E-state index < -0.39 is 0 Å². The number of imidazole rings is 1. The van der Waals surface area contributed by atoms with Gasteiger partial charge in [0.1, 0.15) is 23.6 Å². The molecule has 4 aromatic rings. The molecule has 0 saturated carbocycles. The van der Waals surface area contributed by atoms with Crippen LogP contribution in [0.3, 0.4) is 0 Å². The van der Waals surface area contributed by atoms with Gasteiger partial charge in [0, 0.05) is 24.0 Å². The molecule has 0 aliphatic carbocycles. The van der Waals surface area contributed by atoms with Gasteiger partial charge in [-0.05, 0) is 12.1 Å². The number of furan rings is 1. The smallest absolute Gasteiger partial charge is 0.396 e. The molecular formula is C18H13N5O2. The van der Waals surface area contributed by atoms with Gasteiger partial charge in [-0.1, -0.05) is 29.8 Å². The second kappa shape index (κ2) is 5.24. The zero-order chi connectivity index (χ0) is 16.8. The lowest BCUT2D eigenvalue weighted by atomic mass is 10.0. The Hall–Kier alpha value is -3.53. The van der Waals surface area contributed by atoms with Gasteiger partial charge in [-0.25, -0.2) is 4.98 Å². The Kier molecular flexibility index (Phi) is 2.91. The number of hydrogen-bond acceptors (Lipinski definition) is 5. The van der Waals surface area contributed by atoms with Crippen LogP contribution in [0.15, 0.2) is 51.8 Å². The monoisotopic (exact) mass is 331 g/mol. The van der Waals surface area contributed by atoms with Crippen molar-refractivity contribution in [3.05, 3.63) is 71.5 Å². The lowest BCUT2D eigenvalue weighted by Crippen LogP contribution is -2.36. The van der Waals surface area contributed by atoms with Gasteiger partial charge in [-0.15, -0.1) is 0 Å². The topological polar surface area (TPSA) is 75.5 Å². The van der Waals surface area contributed by atoms with Crippen molar-refractivity contribution in [1.82, 2.24) is 15.0 Å². The zero-order valence-corrected chi connectivity index (χ0v) is 13.1. The number of anilines is 1. The van der Waals surface area contributed by atoms with Crippen molar-refractivity contribution < 1.29 is 8.83 Å². The van der Waals surface area contributed by atoms with E-state index in [0.717, 1.165) is 34.5 Å². The molecule has 0 saturated heterocycles. The molecule has 1 atom stereocenters. The standard InChI is InChI=1S/C18H13N5O2/c1-19-15-9-24-18(22-15)23-7-6-12-16(21-10-20-12)17(23)14-8-11-4-2-3-5-13(11)25-14/h2-5,8-10,17H,6-7H2,(H,20,21)/t17-/m1/s1. The second-order valence-electron chi connectivity index (χ2n) is 5.90. The third-order valence-corrected chi connectivity index (χ3v) is 4.48. The number of aromatic nitrogens is 3. The average molecular weight is 331 g/mol. The average Bonchev–Trinajstić information content (AvgIpc) is 3.37. The fraction of sp³-hybridized carbons (Fsp3) is 0.167. The Morgan fingerprint density at radius 3 is 3.08 bits per heavy atom. The van der Waals surface area contributed by atoms with E-state index in [0.29, 0.717) is 12.6 Å². The first-order chi connectivity index (χ1) is 12.3. The number of nitrogens with one attached hydrogen (secondary N) is 1. The molecule has 0 radical (unpaired) electrons. The lowest BCUT2D eigenvalue weighted by Gasteiger charge is -2.30. The number of hydrogen-bond donors (Lipinski definition) is 1. The first-order valence-corrected chi connectivity index (χ1v) is 7.94. The van der Waals surface area contributed by atoms with Gasteiger partial charge in [-0.3, -0.25) is 4.90 Å². The summed E-state index contributed by atoms with van der Waals surface area (Å²) in [6.45, 7) is 7.79. The highest BCUT2D eigenvalue weighted by molar-refractivity contribution is 5.78. The maximum absolute atomic E-state index is 7.10. The van der Waals surface area contributed by atoms with Crippen molar-refractivity contribution in [3.8, 4) is 0 Å². The van der Waals surface area contributed by atoms with Crippen molar-refractivity contribution in [2.24, 2.45) is 0 Å². The normalized spacial score (nSPS) is 16.8. The molecule has 4 heterocycles. The maximum atomic E-state index is 7.10. The van der Waals surface area contributed by atoms with Crippen LogP contribution in [0.1, 0.15) is 23.2 Å². The van der Waals surface area contributed by atoms with Crippen molar-refractivity contribution in [2.75, 3.05) is 11.4 Å². The summed E-state index contributed by atoms with van der Waals surface area (Å²) in [6.07, 6.45) is 3.86. The number of nitrogens with zero attached hydrogens (tertiary/aromatic N) is 4. The molecule has 25 heavy (non-hydrogen) atoms. The molecule has 0 amide bonds. The fourth-order valence-electron chi connectivity index (χ4n) is 3.35. The predicted molar refractivity (Wildman–Crippen MR) is 90.5 cm³/mol. The summed E-state index contributed by atoms with van der Waals surface area (Å²) in [5.41, 5.74) is 2.81. The number of fused-ring (bicyclic) bond motifs is 2. The molecular weight excluding hydrogens is 318 g/mol. The third kappa shape index (κ3) is 2.11. The van der Waals surface area contributed by atoms with E-state index in [-0.39, 0.29) is 11.9 Å². The molecule has 1 aliphatic heterocycles. The molecule has 0 unspecified atom stereocenters. The van der Waals surface area contributed by atoms with E-state index in [1.54, 1.807) is 6.33 Å². The van der Waals surface area contributed by atoms with Crippen LogP contribution in [0.25, 0.3) is 15.8 Å². The molecule has 7 heteroatoms. The van der Waals surface area contributed by atoms with Gasteiger partial charge >= 0.3 is 11.8 Å². The largest absolute Gasteiger partial charge is 0.458 e. The highest BCUT2D eigenvalue weighted by Gasteiger charge is 2.37. The molecule has 122 valence electrons. The van der Waals surface area contributed by atoms with E-state index >= 15 is 0 Å². The molecule has 1 N–H and O–H groups in total. The molecule has 3 aromatic heterocycles. The van der Waals surface area contributed by atoms with E-state index in [9.17, 15) is 0 Å². The van der Waals surface area contributed by atoms with Gasteiger partial charge in [0.15, 0.2) is 0 Å². The zero-order valence-electron chi connectivity index (χ0n) is 13.1. The molecule has 7 nitrogen and oxygen atoms in total. The predicted octanol–water partition coefficient (Wildman–Crippen LogP) is 3.85. The molecule has 1 aromatic carbocycles. The molecule has 5 rings (SSSR count). The molecule has 0 bridgehead atoms. The minimum absolute atomic E-state index is 0.242. The summed E-state index contributed by atoms with van der Waals surface area (Å²) >= 11 is 0. The maximum Gasteiger partial charge on any atom is 0.396 e. The van der Waals surface area contributed by atoms with Crippen LogP contribution in [-0.4, -0.2) is 21.5 Å². The van der Waals surface area contributed by atoms with Gasteiger partial charge in [-0.2, -0.15) is 0 Å². The Morgan fingerprint density at radius 1 is 1.32 bits per heavy atom. The van der Waals surface area contributed by atoms with Crippen LogP contribution >= 0.6 is 0 Å². The summed E-state index contributed by atoms with van der Waals surface area (Å²) in [7, 11) is 0. The lowest BCUT2D eigenvalue weighted by molar-refractivity contribution is 0.450. The van der Waals surface area contributed by atoms with Crippen LogP contribution in [0.2, 0.25) is 0 Å². The van der Waals surface area contributed by atoms with Crippen LogP contribution in [0.4, 0.5) is 11.8 Å². The van der Waals surface area contributed by atoms with Gasteiger partial charge in [0.05, 0.1) is 12.0 Å². The Morgan fingerprint density at radius 2 is 2.24 bits per heavy atom. The highest BCUT2D eigenvalue weighted by Crippen LogP contribution is 2.39. The van der Waals surface area contributed by atoms with Crippen molar-refractivity contribution in [1.29, 1.82) is 0 Å². The Labute approximate surface area is 142 Å². The van der Waals surface area contributed by atoms with E-state index in [4.69, 9.17) is 15.4 Å². The van der Waals surface area contributed by atoms with E-state index in [2.05, 4.69) is 19.8 Å². The number of para-hydroxylation sites is 1.